The molecule has 25 heavy (non-hydrogen) atoms. The zero-order chi connectivity index (χ0) is 17.5. The predicted octanol–water partition coefficient (Wildman–Crippen LogP) is 1.35. The molecule has 1 aliphatic heterocycles. The molecule has 0 bridgehead atoms. The van der Waals surface area contributed by atoms with Crippen molar-refractivity contribution in [3.05, 3.63) is 65.7 Å². The third-order valence-electron chi connectivity index (χ3n) is 5.40. The minimum absolute atomic E-state index is 0.733. The molecule has 2 aromatic carbocycles. The molecule has 1 aliphatic rings. The normalized spacial score (nSPS) is 21.7. The average molecular weight is 341 g/mol. The van der Waals surface area contributed by atoms with Crippen molar-refractivity contribution < 1.29 is 14.5 Å². The maximum atomic E-state index is 5.53. The number of hydrogen-bond acceptors (Lipinski definition) is 1. The highest BCUT2D eigenvalue weighted by atomic mass is 16.5. The minimum Gasteiger partial charge on any atom is -0.494 e. The second-order valence-electron chi connectivity index (χ2n) is 7.29. The molecule has 0 amide bonds. The van der Waals surface area contributed by atoms with Crippen molar-refractivity contribution in [2.24, 2.45) is 0 Å². The molecule has 1 saturated heterocycles. The number of hydrogen-bond donors (Lipinski definition) is 2. The van der Waals surface area contributed by atoms with Gasteiger partial charge in [0.25, 0.3) is 0 Å². The molecule has 1 fully saturated rings. The van der Waals surface area contributed by atoms with Crippen LogP contribution in [-0.4, -0.2) is 32.8 Å². The van der Waals surface area contributed by atoms with Gasteiger partial charge < -0.3 is 14.5 Å². The van der Waals surface area contributed by atoms with E-state index in [1.54, 1.807) is 9.80 Å². The molecule has 134 valence electrons. The Balaban J connectivity index is 1.45. The van der Waals surface area contributed by atoms with E-state index in [-0.39, 0.29) is 0 Å². The highest BCUT2D eigenvalue weighted by Gasteiger charge is 2.27. The van der Waals surface area contributed by atoms with E-state index < -0.39 is 0 Å². The summed E-state index contributed by atoms with van der Waals surface area (Å²) in [5, 5.41) is 0. The van der Waals surface area contributed by atoms with Crippen LogP contribution >= 0.6 is 0 Å². The Hall–Kier alpha value is -1.84. The monoisotopic (exact) mass is 340 g/mol. The van der Waals surface area contributed by atoms with Crippen molar-refractivity contribution >= 4 is 0 Å². The second-order valence-corrected chi connectivity index (χ2v) is 7.29. The Morgan fingerprint density at radius 2 is 1.64 bits per heavy atom. The number of benzene rings is 2. The van der Waals surface area contributed by atoms with E-state index >= 15 is 0 Å². The zero-order valence-corrected chi connectivity index (χ0v) is 15.6. The summed E-state index contributed by atoms with van der Waals surface area (Å²) in [4.78, 5) is 3.37. The molecule has 2 aromatic rings. The van der Waals surface area contributed by atoms with Crippen molar-refractivity contribution in [2.45, 2.75) is 38.9 Å². The van der Waals surface area contributed by atoms with Gasteiger partial charge in [-0.15, -0.1) is 0 Å². The van der Waals surface area contributed by atoms with Crippen LogP contribution < -0.4 is 14.5 Å². The van der Waals surface area contributed by atoms with E-state index in [2.05, 4.69) is 61.6 Å². The van der Waals surface area contributed by atoms with Gasteiger partial charge in [-0.05, 0) is 31.2 Å². The molecule has 0 aromatic heterocycles. The van der Waals surface area contributed by atoms with Crippen LogP contribution in [0.15, 0.2) is 54.6 Å². The first-order valence-electron chi connectivity index (χ1n) is 9.66. The van der Waals surface area contributed by atoms with Crippen LogP contribution in [0, 0.1) is 0 Å². The first kappa shape index (κ1) is 18.0. The van der Waals surface area contributed by atoms with E-state index in [4.69, 9.17) is 4.74 Å². The number of ether oxygens (including phenoxy) is 1. The Labute approximate surface area is 152 Å². The predicted molar refractivity (Wildman–Crippen MR) is 102 cm³/mol. The number of quaternary nitrogens is 2. The van der Waals surface area contributed by atoms with E-state index in [1.807, 2.05) is 6.92 Å². The zero-order valence-electron chi connectivity index (χ0n) is 15.6. The first-order valence-corrected chi connectivity index (χ1v) is 9.66. The smallest absolute Gasteiger partial charge is 0.119 e. The Morgan fingerprint density at radius 3 is 2.28 bits per heavy atom. The van der Waals surface area contributed by atoms with Gasteiger partial charge in [0.05, 0.1) is 32.8 Å². The highest BCUT2D eigenvalue weighted by Crippen LogP contribution is 2.11. The molecule has 1 atom stereocenters. The standard InChI is InChI=1S/C22H30N2O/c1-3-25-22-11-9-20(10-12-22)18-24-15-13-21(14-16-24)23(2)17-19-7-5-4-6-8-19/h4-12,21H,3,13-18H2,1-2H3/p+2. The van der Waals surface area contributed by atoms with Gasteiger partial charge in [0.15, 0.2) is 0 Å². The van der Waals surface area contributed by atoms with Crippen LogP contribution in [0.5, 0.6) is 5.75 Å². The van der Waals surface area contributed by atoms with Gasteiger partial charge in [-0.25, -0.2) is 0 Å². The van der Waals surface area contributed by atoms with Crippen molar-refractivity contribution in [3.63, 3.8) is 0 Å². The molecule has 0 radical (unpaired) electrons. The average Bonchev–Trinajstić information content (AvgIpc) is 2.65. The summed E-state index contributed by atoms with van der Waals surface area (Å²) in [6.07, 6.45) is 2.65. The van der Waals surface area contributed by atoms with Crippen molar-refractivity contribution in [3.8, 4) is 5.75 Å². The number of piperidine rings is 1. The van der Waals surface area contributed by atoms with Crippen molar-refractivity contribution in [1.82, 2.24) is 0 Å². The van der Waals surface area contributed by atoms with E-state index in [0.29, 0.717) is 0 Å². The summed E-state index contributed by atoms with van der Waals surface area (Å²) < 4.78 is 5.53. The minimum atomic E-state index is 0.733. The molecule has 0 aliphatic carbocycles. The van der Waals surface area contributed by atoms with E-state index in [9.17, 15) is 0 Å². The molecule has 2 N–H and O–H groups in total. The fourth-order valence-corrected chi connectivity index (χ4v) is 3.92. The number of nitrogens with one attached hydrogen (secondary N) is 2. The van der Waals surface area contributed by atoms with Crippen LogP contribution in [0.25, 0.3) is 0 Å². The third kappa shape index (κ3) is 5.32. The lowest BCUT2D eigenvalue weighted by Gasteiger charge is -2.32. The van der Waals surface area contributed by atoms with Gasteiger partial charge in [0, 0.05) is 24.0 Å². The van der Waals surface area contributed by atoms with Crippen LogP contribution in [0.4, 0.5) is 0 Å². The summed E-state index contributed by atoms with van der Waals surface area (Å²) in [5.41, 5.74) is 2.87. The summed E-state index contributed by atoms with van der Waals surface area (Å²) in [6.45, 7) is 7.60. The molecule has 1 heterocycles. The summed E-state index contributed by atoms with van der Waals surface area (Å²) >= 11 is 0. The molecule has 0 saturated carbocycles. The lowest BCUT2D eigenvalue weighted by molar-refractivity contribution is -0.960. The van der Waals surface area contributed by atoms with Crippen molar-refractivity contribution in [1.29, 1.82) is 0 Å². The van der Waals surface area contributed by atoms with Crippen LogP contribution in [-0.2, 0) is 13.1 Å². The maximum absolute atomic E-state index is 5.53. The number of rotatable bonds is 7. The van der Waals surface area contributed by atoms with Crippen molar-refractivity contribution in [2.75, 3.05) is 26.7 Å². The van der Waals surface area contributed by atoms with Crippen LogP contribution in [0.2, 0.25) is 0 Å². The van der Waals surface area contributed by atoms with Gasteiger partial charge in [0.2, 0.25) is 0 Å². The van der Waals surface area contributed by atoms with Gasteiger partial charge in [-0.3, -0.25) is 0 Å². The quantitative estimate of drug-likeness (QED) is 0.779. The molecule has 3 heteroatoms. The lowest BCUT2D eigenvalue weighted by Crippen LogP contribution is -3.18. The maximum Gasteiger partial charge on any atom is 0.119 e. The Bertz CT molecular complexity index is 618. The van der Waals surface area contributed by atoms with E-state index in [0.717, 1.165) is 31.5 Å². The van der Waals surface area contributed by atoms with Gasteiger partial charge in [-0.1, -0.05) is 30.3 Å². The topological polar surface area (TPSA) is 18.1 Å². The summed E-state index contributed by atoms with van der Waals surface area (Å²) in [6, 6.07) is 20.3. The molecular formula is C22H32N2O+2. The van der Waals surface area contributed by atoms with Crippen LogP contribution in [0.3, 0.4) is 0 Å². The SMILES string of the molecule is CCOc1ccc(C[NH+]2CCC([NH+](C)Cc3ccccc3)CC2)cc1. The van der Waals surface area contributed by atoms with Gasteiger partial charge in [0.1, 0.15) is 18.8 Å². The van der Waals surface area contributed by atoms with Gasteiger partial charge in [-0.2, -0.15) is 0 Å². The van der Waals surface area contributed by atoms with Gasteiger partial charge >= 0.3 is 0 Å². The van der Waals surface area contributed by atoms with E-state index in [1.165, 1.54) is 37.1 Å². The molecule has 1 unspecified atom stereocenters. The summed E-state index contributed by atoms with van der Waals surface area (Å²) in [5.74, 6) is 0.978. The molecule has 3 rings (SSSR count). The lowest BCUT2D eigenvalue weighted by atomic mass is 10.0. The Kier molecular flexibility index (Phi) is 6.48. The third-order valence-corrected chi connectivity index (χ3v) is 5.40. The molecular weight excluding hydrogens is 308 g/mol. The Morgan fingerprint density at radius 1 is 0.960 bits per heavy atom. The van der Waals surface area contributed by atoms with Crippen LogP contribution in [0.1, 0.15) is 30.9 Å². The second kappa shape index (κ2) is 9.02. The largest absolute Gasteiger partial charge is 0.494 e. The molecule has 0 spiro atoms. The first-order chi connectivity index (χ1) is 12.2. The fourth-order valence-electron chi connectivity index (χ4n) is 3.92. The summed E-state index contributed by atoms with van der Waals surface area (Å²) in [7, 11) is 2.36. The number of likely N-dealkylation sites (tertiary alicyclic amines) is 1. The fraction of sp³-hybridized carbons (Fsp3) is 0.455. The molecule has 3 nitrogen and oxygen atoms in total. The highest BCUT2D eigenvalue weighted by molar-refractivity contribution is 5.26.